The molecule has 3 aromatic heterocycles. The summed E-state index contributed by atoms with van der Waals surface area (Å²) in [5.41, 5.74) is 1.02. The molecule has 0 unspecified atom stereocenters. The van der Waals surface area contributed by atoms with Crippen LogP contribution in [0.4, 0.5) is 4.39 Å². The molecule has 194 valence electrons. The van der Waals surface area contributed by atoms with Crippen LogP contribution in [0.1, 0.15) is 18.6 Å². The predicted octanol–water partition coefficient (Wildman–Crippen LogP) is 2.83. The largest absolute Gasteiger partial charge is 0.494 e. The van der Waals surface area contributed by atoms with Crippen LogP contribution in [0.2, 0.25) is 0 Å². The Kier molecular flexibility index (Phi) is 7.62. The molecule has 0 N–H and O–H groups in total. The zero-order valence-electron chi connectivity index (χ0n) is 20.6. The molecule has 0 saturated carbocycles. The fourth-order valence-corrected chi connectivity index (χ4v) is 4.93. The highest BCUT2D eigenvalue weighted by Crippen LogP contribution is 2.37. The average molecular weight is 529 g/mol. The second kappa shape index (κ2) is 10.9. The normalized spacial score (nSPS) is 12.2. The smallest absolute Gasteiger partial charge is 0.213 e. The zero-order chi connectivity index (χ0) is 26.6. The minimum atomic E-state index is -3.79. The Bertz CT molecular complexity index is 1470. The molecule has 13 heteroatoms. The molecule has 0 spiro atoms. The van der Waals surface area contributed by atoms with E-state index in [9.17, 15) is 12.8 Å². The van der Waals surface area contributed by atoms with Crippen LogP contribution in [0.15, 0.2) is 48.9 Å². The van der Waals surface area contributed by atoms with E-state index in [2.05, 4.69) is 25.1 Å². The highest BCUT2D eigenvalue weighted by atomic mass is 32.2. The maximum Gasteiger partial charge on any atom is 0.213 e. The maximum absolute atomic E-state index is 13.4. The molecule has 0 amide bonds. The molecule has 0 aliphatic heterocycles. The van der Waals surface area contributed by atoms with E-state index in [0.717, 1.165) is 12.4 Å². The van der Waals surface area contributed by atoms with Crippen LogP contribution in [0.25, 0.3) is 17.1 Å². The van der Waals surface area contributed by atoms with Crippen molar-refractivity contribution in [2.75, 3.05) is 21.3 Å². The Labute approximate surface area is 213 Å². The minimum Gasteiger partial charge on any atom is -0.494 e. The molecular formula is C24H25FN6O5S. The van der Waals surface area contributed by atoms with Gasteiger partial charge in [-0.3, -0.25) is 4.57 Å². The van der Waals surface area contributed by atoms with Gasteiger partial charge in [-0.05, 0) is 25.1 Å². The molecule has 0 radical (unpaired) electrons. The number of para-hydroxylation sites is 1. The van der Waals surface area contributed by atoms with Crippen molar-refractivity contribution < 1.29 is 27.0 Å². The first-order valence-corrected chi connectivity index (χ1v) is 12.8. The molecule has 4 rings (SSSR count). The van der Waals surface area contributed by atoms with E-state index in [1.807, 2.05) is 0 Å². The Balaban J connectivity index is 1.82. The van der Waals surface area contributed by atoms with Crippen LogP contribution < -0.4 is 14.2 Å². The molecule has 37 heavy (non-hydrogen) atoms. The first kappa shape index (κ1) is 25.9. The number of methoxy groups -OCH3 is 3. The Morgan fingerprint density at radius 1 is 0.973 bits per heavy atom. The number of halogens is 1. The number of hydrogen-bond acceptors (Lipinski definition) is 10. The van der Waals surface area contributed by atoms with Crippen LogP contribution in [-0.4, -0.2) is 64.7 Å². The number of ether oxygens (including phenoxy) is 3. The van der Waals surface area contributed by atoms with Crippen molar-refractivity contribution in [3.8, 4) is 34.5 Å². The number of aromatic nitrogens is 6. The van der Waals surface area contributed by atoms with E-state index in [4.69, 9.17) is 14.2 Å². The highest BCUT2D eigenvalue weighted by Gasteiger charge is 2.29. The third-order valence-electron chi connectivity index (χ3n) is 5.64. The van der Waals surface area contributed by atoms with Gasteiger partial charge in [0.2, 0.25) is 5.88 Å². The summed E-state index contributed by atoms with van der Waals surface area (Å²) in [5, 5.41) is 7.67. The molecule has 0 bridgehead atoms. The summed E-state index contributed by atoms with van der Waals surface area (Å²) in [6.45, 7) is 1.54. The fraction of sp³-hybridized carbons (Fsp3) is 0.292. The number of nitrogens with zero attached hydrogens (tertiary/aromatic N) is 6. The molecule has 1 atom stereocenters. The lowest BCUT2D eigenvalue weighted by Gasteiger charge is -2.18. The van der Waals surface area contributed by atoms with Gasteiger partial charge in [-0.25, -0.2) is 27.8 Å². The molecule has 11 nitrogen and oxygen atoms in total. The lowest BCUT2D eigenvalue weighted by Crippen LogP contribution is -2.24. The van der Waals surface area contributed by atoms with Gasteiger partial charge in [-0.2, -0.15) is 0 Å². The van der Waals surface area contributed by atoms with Crippen molar-refractivity contribution in [1.29, 1.82) is 0 Å². The Morgan fingerprint density at radius 3 is 2.27 bits per heavy atom. The maximum atomic E-state index is 13.4. The molecule has 3 heterocycles. The zero-order valence-corrected chi connectivity index (χ0v) is 21.4. The van der Waals surface area contributed by atoms with Crippen LogP contribution in [0.5, 0.6) is 17.4 Å². The molecule has 0 aliphatic carbocycles. The van der Waals surface area contributed by atoms with Gasteiger partial charge in [0.1, 0.15) is 28.8 Å². The van der Waals surface area contributed by atoms with E-state index in [0.29, 0.717) is 34.5 Å². The van der Waals surface area contributed by atoms with Gasteiger partial charge < -0.3 is 14.2 Å². The topological polar surface area (TPSA) is 131 Å². The minimum absolute atomic E-state index is 0.00312. The van der Waals surface area contributed by atoms with Gasteiger partial charge in [-0.15, -0.1) is 10.2 Å². The average Bonchev–Trinajstić information content (AvgIpc) is 3.31. The van der Waals surface area contributed by atoms with Crippen LogP contribution in [0, 0.1) is 5.82 Å². The Morgan fingerprint density at radius 2 is 1.65 bits per heavy atom. The summed E-state index contributed by atoms with van der Waals surface area (Å²) in [4.78, 5) is 11.9. The van der Waals surface area contributed by atoms with Crippen molar-refractivity contribution in [3.05, 3.63) is 66.4 Å². The second-order valence-corrected chi connectivity index (χ2v) is 10.4. The third kappa shape index (κ3) is 5.50. The summed E-state index contributed by atoms with van der Waals surface area (Å²) in [6, 6.07) is 8.57. The van der Waals surface area contributed by atoms with Crippen molar-refractivity contribution in [2.24, 2.45) is 0 Å². The molecule has 0 saturated heterocycles. The van der Waals surface area contributed by atoms with Gasteiger partial charge in [-0.1, -0.05) is 6.07 Å². The van der Waals surface area contributed by atoms with Crippen LogP contribution >= 0.6 is 0 Å². The van der Waals surface area contributed by atoms with Crippen molar-refractivity contribution in [2.45, 2.75) is 24.3 Å². The van der Waals surface area contributed by atoms with E-state index >= 15 is 0 Å². The van der Waals surface area contributed by atoms with Gasteiger partial charge in [0.15, 0.2) is 27.3 Å². The van der Waals surface area contributed by atoms with Gasteiger partial charge >= 0.3 is 0 Å². The van der Waals surface area contributed by atoms with Gasteiger partial charge in [0.05, 0.1) is 39.0 Å². The number of benzene rings is 1. The first-order chi connectivity index (χ1) is 17.8. The van der Waals surface area contributed by atoms with E-state index in [-0.39, 0.29) is 18.1 Å². The van der Waals surface area contributed by atoms with Crippen LogP contribution in [-0.2, 0) is 22.0 Å². The molecule has 4 aromatic rings. The molecular weight excluding hydrogens is 503 g/mol. The van der Waals surface area contributed by atoms with Gasteiger partial charge in [0, 0.05) is 24.2 Å². The third-order valence-corrected chi connectivity index (χ3v) is 7.70. The second-order valence-electron chi connectivity index (χ2n) is 8.01. The van der Waals surface area contributed by atoms with Crippen molar-refractivity contribution >= 4 is 9.84 Å². The Hall–Kier alpha value is -4.13. The number of pyridine rings is 1. The van der Waals surface area contributed by atoms with Crippen LogP contribution in [0.3, 0.4) is 0 Å². The summed E-state index contributed by atoms with van der Waals surface area (Å²) >= 11 is 0. The highest BCUT2D eigenvalue weighted by molar-refractivity contribution is 7.91. The summed E-state index contributed by atoms with van der Waals surface area (Å²) < 4.78 is 58.0. The van der Waals surface area contributed by atoms with Crippen molar-refractivity contribution in [3.63, 3.8) is 0 Å². The van der Waals surface area contributed by atoms with E-state index in [1.165, 1.54) is 21.3 Å². The summed E-state index contributed by atoms with van der Waals surface area (Å²) in [7, 11) is 0.700. The molecule has 0 fully saturated rings. The van der Waals surface area contributed by atoms with Crippen molar-refractivity contribution in [1.82, 2.24) is 29.7 Å². The lowest BCUT2D eigenvalue weighted by atomic mass is 10.2. The molecule has 0 aliphatic rings. The number of hydrogen-bond donors (Lipinski definition) is 0. The van der Waals surface area contributed by atoms with Gasteiger partial charge in [0.25, 0.3) is 0 Å². The monoisotopic (exact) mass is 528 g/mol. The quantitative estimate of drug-likeness (QED) is 0.303. The number of rotatable bonds is 10. The number of sulfone groups is 1. The predicted molar refractivity (Wildman–Crippen MR) is 132 cm³/mol. The van der Waals surface area contributed by atoms with E-state index < -0.39 is 26.7 Å². The SMILES string of the molecule is COc1cc(-c2nnc(CS(=O)(=O)[C@H](C)Cc3ncc(F)cn3)n2-c2c(OC)cccc2OC)ccn1. The fourth-order valence-electron chi connectivity index (χ4n) is 3.69. The van der Waals surface area contributed by atoms with E-state index in [1.54, 1.807) is 48.0 Å². The molecule has 1 aromatic carbocycles. The lowest BCUT2D eigenvalue weighted by molar-refractivity contribution is 0.390. The summed E-state index contributed by atoms with van der Waals surface area (Å²) in [5.74, 6) is 0.838. The standard InChI is InChI=1S/C24H25FN6O5S/c1-15(10-20-27-12-17(25)13-28-20)37(32,33)14-21-29-30-24(16-8-9-26-22(11-16)36-4)31(21)23-18(34-2)6-5-7-19(23)35-3/h5-9,11-13,15H,10,14H2,1-4H3/t15-/m1/s1. The summed E-state index contributed by atoms with van der Waals surface area (Å²) in [6.07, 6.45) is 3.56. The first-order valence-electron chi connectivity index (χ1n) is 11.1.